The van der Waals surface area contributed by atoms with Gasteiger partial charge in [0.1, 0.15) is 34.0 Å². The summed E-state index contributed by atoms with van der Waals surface area (Å²) in [5, 5.41) is 0.0657. The van der Waals surface area contributed by atoms with E-state index in [0.717, 1.165) is 11.8 Å². The van der Waals surface area contributed by atoms with Crippen LogP contribution in [0.3, 0.4) is 0 Å². The molecule has 146 valence electrons. The zero-order chi connectivity index (χ0) is 20.4. The summed E-state index contributed by atoms with van der Waals surface area (Å²) >= 11 is 12.2. The average Bonchev–Trinajstić information content (AvgIpc) is 2.65. The Kier molecular flexibility index (Phi) is 5.96. The lowest BCUT2D eigenvalue weighted by Crippen LogP contribution is -2.23. The molecule has 3 aromatic rings. The van der Waals surface area contributed by atoms with Crippen LogP contribution in [-0.4, -0.2) is 14.5 Å². The molecule has 0 saturated heterocycles. The smallest absolute Gasteiger partial charge is 0.277 e. The van der Waals surface area contributed by atoms with Crippen LogP contribution in [0, 0.1) is 18.6 Å². The van der Waals surface area contributed by atoms with Gasteiger partial charge in [0.15, 0.2) is 5.82 Å². The molecule has 0 atom stereocenters. The van der Waals surface area contributed by atoms with Crippen molar-refractivity contribution in [1.82, 2.24) is 14.5 Å². The van der Waals surface area contributed by atoms with E-state index < -0.39 is 17.2 Å². The van der Waals surface area contributed by atoms with E-state index in [4.69, 9.17) is 27.9 Å². The molecule has 28 heavy (non-hydrogen) atoms. The van der Waals surface area contributed by atoms with Gasteiger partial charge in [0.05, 0.1) is 11.9 Å². The van der Waals surface area contributed by atoms with Crippen LogP contribution in [0.2, 0.25) is 10.2 Å². The molecule has 0 aliphatic heterocycles. The molecule has 3 rings (SSSR count). The first-order chi connectivity index (χ1) is 13.3. The number of halogens is 4. The lowest BCUT2D eigenvalue weighted by atomic mass is 10.1. The average molecular weight is 426 g/mol. The summed E-state index contributed by atoms with van der Waals surface area (Å²) in [6.07, 6.45) is 3.12. The topological polar surface area (TPSA) is 57.0 Å². The summed E-state index contributed by atoms with van der Waals surface area (Å²) in [5.74, 6) is -1.56. The molecule has 0 spiro atoms. The van der Waals surface area contributed by atoms with Crippen LogP contribution >= 0.6 is 23.2 Å². The number of aromatic nitrogens is 3. The largest absolute Gasteiger partial charge is 0.485 e. The monoisotopic (exact) mass is 425 g/mol. The van der Waals surface area contributed by atoms with Crippen molar-refractivity contribution in [2.45, 2.75) is 26.9 Å². The van der Waals surface area contributed by atoms with Gasteiger partial charge >= 0.3 is 0 Å². The van der Waals surface area contributed by atoms with Gasteiger partial charge in [0.2, 0.25) is 0 Å². The van der Waals surface area contributed by atoms with Crippen LogP contribution in [0.5, 0.6) is 5.75 Å². The Hall–Kier alpha value is -2.51. The molecule has 0 radical (unpaired) electrons. The van der Waals surface area contributed by atoms with Crippen LogP contribution < -0.4 is 10.3 Å². The van der Waals surface area contributed by atoms with Crippen LogP contribution in [0.25, 0.3) is 5.69 Å². The molecule has 5 nitrogen and oxygen atoms in total. The first-order valence-electron chi connectivity index (χ1n) is 8.31. The third-order valence-electron chi connectivity index (χ3n) is 4.10. The molecule has 0 aromatic carbocycles. The maximum absolute atomic E-state index is 13.7. The van der Waals surface area contributed by atoms with Gasteiger partial charge in [-0.1, -0.05) is 30.1 Å². The summed E-state index contributed by atoms with van der Waals surface area (Å²) in [6.45, 7) is 3.32. The van der Waals surface area contributed by atoms with Gasteiger partial charge in [0.25, 0.3) is 5.56 Å². The number of rotatable bonds is 5. The zero-order valence-corrected chi connectivity index (χ0v) is 16.5. The Morgan fingerprint density at radius 3 is 2.57 bits per heavy atom. The summed E-state index contributed by atoms with van der Waals surface area (Å²) in [7, 11) is 0. The van der Waals surface area contributed by atoms with Gasteiger partial charge in [-0.25, -0.2) is 13.8 Å². The highest BCUT2D eigenvalue weighted by molar-refractivity contribution is 6.32. The molecule has 3 heterocycles. The molecule has 0 unspecified atom stereocenters. The highest BCUT2D eigenvalue weighted by Crippen LogP contribution is 2.26. The van der Waals surface area contributed by atoms with Crippen molar-refractivity contribution in [2.24, 2.45) is 0 Å². The first-order valence-corrected chi connectivity index (χ1v) is 9.07. The SMILES string of the molecule is CCc1cnc(Cl)cc1-n1c(C)cc(OCc2ncc(F)cc2F)c(Cl)c1=O. The molecule has 0 amide bonds. The van der Waals surface area contributed by atoms with Crippen molar-refractivity contribution < 1.29 is 13.5 Å². The molecular weight excluding hydrogens is 411 g/mol. The first kappa shape index (κ1) is 20.2. The summed E-state index contributed by atoms with van der Waals surface area (Å²) in [6, 6.07) is 3.85. The normalized spacial score (nSPS) is 10.9. The van der Waals surface area contributed by atoms with E-state index in [-0.39, 0.29) is 28.2 Å². The predicted octanol–water partition coefficient (Wildman–Crippen LogP) is 4.66. The van der Waals surface area contributed by atoms with Gasteiger partial charge in [-0.15, -0.1) is 0 Å². The van der Waals surface area contributed by atoms with E-state index in [0.29, 0.717) is 23.9 Å². The Morgan fingerprint density at radius 1 is 1.14 bits per heavy atom. The van der Waals surface area contributed by atoms with E-state index in [1.165, 1.54) is 4.57 Å². The maximum Gasteiger partial charge on any atom is 0.277 e. The molecular formula is C19H15Cl2F2N3O2. The van der Waals surface area contributed by atoms with Crippen LogP contribution in [0.4, 0.5) is 8.78 Å². The van der Waals surface area contributed by atoms with Gasteiger partial charge in [-0.2, -0.15) is 0 Å². The van der Waals surface area contributed by atoms with Crippen molar-refractivity contribution in [2.75, 3.05) is 0 Å². The fourth-order valence-corrected chi connectivity index (χ4v) is 3.06. The number of hydrogen-bond acceptors (Lipinski definition) is 4. The molecule has 0 N–H and O–H groups in total. The predicted molar refractivity (Wildman–Crippen MR) is 102 cm³/mol. The molecule has 0 aliphatic rings. The third kappa shape index (κ3) is 4.00. The molecule has 0 fully saturated rings. The second-order valence-corrected chi connectivity index (χ2v) is 6.73. The second kappa shape index (κ2) is 8.24. The summed E-state index contributed by atoms with van der Waals surface area (Å²) in [5.41, 5.74) is 1.31. The van der Waals surface area contributed by atoms with Gasteiger partial charge in [-0.3, -0.25) is 14.3 Å². The maximum atomic E-state index is 13.7. The zero-order valence-electron chi connectivity index (χ0n) is 15.0. The molecule has 0 bridgehead atoms. The van der Waals surface area contributed by atoms with Crippen molar-refractivity contribution in [3.8, 4) is 11.4 Å². The Balaban J connectivity index is 1.99. The van der Waals surface area contributed by atoms with E-state index >= 15 is 0 Å². The number of aryl methyl sites for hydroxylation is 2. The minimum absolute atomic E-state index is 0.0733. The lowest BCUT2D eigenvalue weighted by Gasteiger charge is -2.16. The quantitative estimate of drug-likeness (QED) is 0.557. The fourth-order valence-electron chi connectivity index (χ4n) is 2.71. The van der Waals surface area contributed by atoms with Crippen molar-refractivity contribution in [3.63, 3.8) is 0 Å². The van der Waals surface area contributed by atoms with Crippen LogP contribution in [0.15, 0.2) is 35.4 Å². The number of pyridine rings is 3. The van der Waals surface area contributed by atoms with Crippen LogP contribution in [-0.2, 0) is 13.0 Å². The van der Waals surface area contributed by atoms with E-state index in [9.17, 15) is 13.6 Å². The van der Waals surface area contributed by atoms with E-state index in [1.807, 2.05) is 6.92 Å². The molecule has 0 saturated carbocycles. The van der Waals surface area contributed by atoms with Crippen molar-refractivity contribution in [3.05, 3.63) is 79.7 Å². The Bertz CT molecular complexity index is 1100. The molecule has 3 aromatic heterocycles. The minimum Gasteiger partial charge on any atom is -0.485 e. The summed E-state index contributed by atoms with van der Waals surface area (Å²) < 4.78 is 33.6. The Morgan fingerprint density at radius 2 is 1.89 bits per heavy atom. The standard InChI is InChI=1S/C19H15Cl2F2N3O2/c1-3-11-7-25-17(20)6-15(11)26-10(2)4-16(18(21)19(26)27)28-9-14-13(23)5-12(22)8-24-14/h4-8H,3,9H2,1-2H3. The molecule has 9 heteroatoms. The number of nitrogens with zero attached hydrogens (tertiary/aromatic N) is 3. The lowest BCUT2D eigenvalue weighted by molar-refractivity contribution is 0.292. The number of hydrogen-bond donors (Lipinski definition) is 0. The number of ether oxygens (including phenoxy) is 1. The van der Waals surface area contributed by atoms with Crippen molar-refractivity contribution >= 4 is 23.2 Å². The second-order valence-electron chi connectivity index (χ2n) is 5.96. The summed E-state index contributed by atoms with van der Waals surface area (Å²) in [4.78, 5) is 20.5. The minimum atomic E-state index is -0.847. The third-order valence-corrected chi connectivity index (χ3v) is 4.65. The van der Waals surface area contributed by atoms with Gasteiger partial charge in [-0.05, 0) is 25.0 Å². The molecule has 0 aliphatic carbocycles. The van der Waals surface area contributed by atoms with E-state index in [1.54, 1.807) is 25.3 Å². The highest BCUT2D eigenvalue weighted by atomic mass is 35.5. The Labute approximate surface area is 169 Å². The van der Waals surface area contributed by atoms with Gasteiger partial charge < -0.3 is 4.74 Å². The van der Waals surface area contributed by atoms with Crippen LogP contribution in [0.1, 0.15) is 23.9 Å². The van der Waals surface area contributed by atoms with E-state index in [2.05, 4.69) is 9.97 Å². The van der Waals surface area contributed by atoms with Gasteiger partial charge in [0, 0.05) is 24.0 Å². The highest BCUT2D eigenvalue weighted by Gasteiger charge is 2.17. The fraction of sp³-hybridized carbons (Fsp3) is 0.211. The van der Waals surface area contributed by atoms with Crippen molar-refractivity contribution in [1.29, 1.82) is 0 Å².